The fourth-order valence-electron chi connectivity index (χ4n) is 3.78. The molecule has 0 saturated carbocycles. The summed E-state index contributed by atoms with van der Waals surface area (Å²) in [7, 11) is 0. The first-order chi connectivity index (χ1) is 11.9. The first-order valence-corrected chi connectivity index (χ1v) is 9.42. The predicted octanol–water partition coefficient (Wildman–Crippen LogP) is 2.86. The van der Waals surface area contributed by atoms with Crippen molar-refractivity contribution in [1.29, 1.82) is 0 Å². The maximum absolute atomic E-state index is 12.4. The van der Waals surface area contributed by atoms with E-state index in [1.165, 1.54) is 0 Å². The summed E-state index contributed by atoms with van der Waals surface area (Å²) in [4.78, 5) is 28.1. The van der Waals surface area contributed by atoms with Gasteiger partial charge >= 0.3 is 12.2 Å². The Hall–Kier alpha value is -1.50. The number of amides is 2. The minimum Gasteiger partial charge on any atom is -0.444 e. The van der Waals surface area contributed by atoms with E-state index < -0.39 is 11.2 Å². The van der Waals surface area contributed by atoms with E-state index in [9.17, 15) is 14.7 Å². The second kappa shape index (κ2) is 7.25. The van der Waals surface area contributed by atoms with Crippen molar-refractivity contribution in [2.45, 2.75) is 65.6 Å². The number of rotatable bonds is 1. The fraction of sp³-hybridized carbons (Fsp3) is 0.895. The van der Waals surface area contributed by atoms with Gasteiger partial charge in [-0.25, -0.2) is 9.59 Å². The van der Waals surface area contributed by atoms with Gasteiger partial charge < -0.3 is 24.4 Å². The van der Waals surface area contributed by atoms with Crippen LogP contribution in [0.1, 0.15) is 54.4 Å². The van der Waals surface area contributed by atoms with Crippen LogP contribution < -0.4 is 0 Å². The Morgan fingerprint density at radius 1 is 0.962 bits per heavy atom. The minimum atomic E-state index is -0.540. The molecule has 2 aliphatic rings. The third-order valence-corrected chi connectivity index (χ3v) is 5.10. The van der Waals surface area contributed by atoms with E-state index >= 15 is 0 Å². The Kier molecular flexibility index (Phi) is 5.80. The number of nitrogens with zero attached hydrogens (tertiary/aromatic N) is 2. The zero-order valence-electron chi connectivity index (χ0n) is 17.0. The van der Waals surface area contributed by atoms with Crippen molar-refractivity contribution in [3.63, 3.8) is 0 Å². The summed E-state index contributed by atoms with van der Waals surface area (Å²) in [6.07, 6.45) is 0.866. The monoisotopic (exact) mass is 370 g/mol. The second-order valence-corrected chi connectivity index (χ2v) is 9.57. The van der Waals surface area contributed by atoms with Crippen LogP contribution >= 0.6 is 0 Å². The van der Waals surface area contributed by atoms with Crippen LogP contribution in [-0.2, 0) is 9.47 Å². The van der Waals surface area contributed by atoms with Gasteiger partial charge in [0.2, 0.25) is 0 Å². The Balaban J connectivity index is 1.99. The predicted molar refractivity (Wildman–Crippen MR) is 97.9 cm³/mol. The van der Waals surface area contributed by atoms with E-state index in [0.717, 1.165) is 12.8 Å². The smallest absolute Gasteiger partial charge is 0.410 e. The van der Waals surface area contributed by atoms with E-state index in [1.807, 2.05) is 41.5 Å². The summed E-state index contributed by atoms with van der Waals surface area (Å²) in [5.41, 5.74) is -1.22. The van der Waals surface area contributed by atoms with Gasteiger partial charge in [-0.2, -0.15) is 0 Å². The molecule has 0 aromatic rings. The number of aliphatic hydroxyl groups is 1. The van der Waals surface area contributed by atoms with Gasteiger partial charge in [0, 0.05) is 38.7 Å². The number of aliphatic hydroxyl groups excluding tert-OH is 1. The van der Waals surface area contributed by atoms with E-state index in [-0.39, 0.29) is 30.1 Å². The highest BCUT2D eigenvalue weighted by Crippen LogP contribution is 2.45. The molecule has 2 heterocycles. The zero-order chi connectivity index (χ0) is 19.8. The quantitative estimate of drug-likeness (QED) is 0.768. The van der Waals surface area contributed by atoms with Crippen molar-refractivity contribution in [3.05, 3.63) is 0 Å². The third-order valence-electron chi connectivity index (χ3n) is 5.10. The standard InChI is InChI=1S/C19H34N2O5/c1-17(2,3)25-15(23)20-9-7-19(8-10-20)13-21(11-14(19)12-22)16(24)26-18(4,5)6/h14,22H,7-13H2,1-6H3. The summed E-state index contributed by atoms with van der Waals surface area (Å²) >= 11 is 0. The van der Waals surface area contributed by atoms with Crippen LogP contribution in [0, 0.1) is 11.3 Å². The summed E-state index contributed by atoms with van der Waals surface area (Å²) in [6, 6.07) is 0. The van der Waals surface area contributed by atoms with Crippen LogP contribution in [0.3, 0.4) is 0 Å². The summed E-state index contributed by atoms with van der Waals surface area (Å²) in [6.45, 7) is 13.4. The number of ether oxygens (including phenoxy) is 2. The van der Waals surface area contributed by atoms with E-state index in [4.69, 9.17) is 9.47 Å². The van der Waals surface area contributed by atoms with Crippen molar-refractivity contribution >= 4 is 12.2 Å². The van der Waals surface area contributed by atoms with Gasteiger partial charge in [0.1, 0.15) is 11.2 Å². The van der Waals surface area contributed by atoms with Crippen LogP contribution in [0.5, 0.6) is 0 Å². The van der Waals surface area contributed by atoms with Gasteiger partial charge in [0.05, 0.1) is 0 Å². The molecule has 7 heteroatoms. The zero-order valence-corrected chi connectivity index (χ0v) is 17.0. The van der Waals surface area contributed by atoms with Gasteiger partial charge in [0.15, 0.2) is 0 Å². The molecule has 1 N–H and O–H groups in total. The maximum atomic E-state index is 12.4. The summed E-state index contributed by atoms with van der Waals surface area (Å²) in [5, 5.41) is 9.86. The highest BCUT2D eigenvalue weighted by molar-refractivity contribution is 5.69. The number of piperidine rings is 1. The normalized spacial score (nSPS) is 23.3. The molecular weight excluding hydrogens is 336 g/mol. The lowest BCUT2D eigenvalue weighted by atomic mass is 9.71. The average molecular weight is 370 g/mol. The molecule has 0 radical (unpaired) electrons. The lowest BCUT2D eigenvalue weighted by molar-refractivity contribution is 0.000232. The molecule has 0 aromatic carbocycles. The van der Waals surface area contributed by atoms with E-state index in [0.29, 0.717) is 26.2 Å². The fourth-order valence-corrected chi connectivity index (χ4v) is 3.78. The van der Waals surface area contributed by atoms with E-state index in [2.05, 4.69) is 0 Å². The molecule has 2 fully saturated rings. The number of hydrogen-bond acceptors (Lipinski definition) is 5. The van der Waals surface area contributed by atoms with Crippen LogP contribution in [0.2, 0.25) is 0 Å². The minimum absolute atomic E-state index is 0.0100. The molecule has 1 spiro atoms. The molecule has 1 unspecified atom stereocenters. The van der Waals surface area contributed by atoms with Crippen LogP contribution in [-0.4, -0.2) is 71.1 Å². The van der Waals surface area contributed by atoms with Crippen molar-refractivity contribution in [2.24, 2.45) is 11.3 Å². The lowest BCUT2D eigenvalue weighted by Crippen LogP contribution is -2.48. The lowest BCUT2D eigenvalue weighted by Gasteiger charge is -2.42. The highest BCUT2D eigenvalue weighted by atomic mass is 16.6. The van der Waals surface area contributed by atoms with Gasteiger partial charge in [-0.1, -0.05) is 0 Å². The molecule has 0 bridgehead atoms. The maximum Gasteiger partial charge on any atom is 0.410 e. The molecule has 26 heavy (non-hydrogen) atoms. The summed E-state index contributed by atoms with van der Waals surface area (Å²) < 4.78 is 10.9. The number of hydrogen-bond donors (Lipinski definition) is 1. The Labute approximate surface area is 156 Å². The van der Waals surface area contributed by atoms with Crippen LogP contribution in [0.15, 0.2) is 0 Å². The van der Waals surface area contributed by atoms with Crippen LogP contribution in [0.4, 0.5) is 9.59 Å². The molecule has 1 atom stereocenters. The number of likely N-dealkylation sites (tertiary alicyclic amines) is 2. The molecular formula is C19H34N2O5. The molecule has 7 nitrogen and oxygen atoms in total. The molecule has 0 aliphatic carbocycles. The molecule has 150 valence electrons. The third kappa shape index (κ3) is 5.02. The number of carbonyl (C=O) groups is 2. The topological polar surface area (TPSA) is 79.3 Å². The van der Waals surface area contributed by atoms with Crippen molar-refractivity contribution < 1.29 is 24.2 Å². The largest absolute Gasteiger partial charge is 0.444 e. The molecule has 2 saturated heterocycles. The van der Waals surface area contributed by atoms with Crippen LogP contribution in [0.25, 0.3) is 0 Å². The first-order valence-electron chi connectivity index (χ1n) is 9.42. The Morgan fingerprint density at radius 3 is 1.85 bits per heavy atom. The molecule has 2 rings (SSSR count). The second-order valence-electron chi connectivity index (χ2n) is 9.57. The number of carbonyl (C=O) groups excluding carboxylic acids is 2. The first kappa shape index (κ1) is 20.8. The molecule has 0 aromatic heterocycles. The Bertz CT molecular complexity index is 527. The van der Waals surface area contributed by atoms with Gasteiger partial charge in [-0.15, -0.1) is 0 Å². The van der Waals surface area contributed by atoms with Gasteiger partial charge in [-0.05, 0) is 59.8 Å². The van der Waals surface area contributed by atoms with Crippen molar-refractivity contribution in [1.82, 2.24) is 9.80 Å². The summed E-state index contributed by atoms with van der Waals surface area (Å²) in [5.74, 6) is 0.0100. The van der Waals surface area contributed by atoms with Crippen molar-refractivity contribution in [2.75, 3.05) is 32.8 Å². The highest BCUT2D eigenvalue weighted by Gasteiger charge is 2.50. The Morgan fingerprint density at radius 2 is 1.42 bits per heavy atom. The van der Waals surface area contributed by atoms with Crippen molar-refractivity contribution in [3.8, 4) is 0 Å². The average Bonchev–Trinajstić information content (AvgIpc) is 2.83. The van der Waals surface area contributed by atoms with Gasteiger partial charge in [0.25, 0.3) is 0 Å². The van der Waals surface area contributed by atoms with E-state index in [1.54, 1.807) is 9.80 Å². The van der Waals surface area contributed by atoms with Gasteiger partial charge in [-0.3, -0.25) is 0 Å². The SMILES string of the molecule is CC(C)(C)OC(=O)N1CCC2(CC1)CN(C(=O)OC(C)(C)C)CC2CO. The molecule has 2 amide bonds. The molecule has 2 aliphatic heterocycles.